The number of hydrogen-bond acceptors (Lipinski definition) is 7. The summed E-state index contributed by atoms with van der Waals surface area (Å²) in [5.41, 5.74) is 2.43. The maximum absolute atomic E-state index is 13.2. The fourth-order valence-electron chi connectivity index (χ4n) is 5.91. The van der Waals surface area contributed by atoms with Crippen molar-refractivity contribution in [2.24, 2.45) is 0 Å². The van der Waals surface area contributed by atoms with E-state index in [9.17, 15) is 14.7 Å². The number of carbonyl (C=O) groups excluding carboxylic acids is 2. The summed E-state index contributed by atoms with van der Waals surface area (Å²) in [5.74, 6) is 1.42. The summed E-state index contributed by atoms with van der Waals surface area (Å²) in [6, 6.07) is 21.9. The Kier molecular flexibility index (Phi) is 19.5. The van der Waals surface area contributed by atoms with Gasteiger partial charge < -0.3 is 29.0 Å². The summed E-state index contributed by atoms with van der Waals surface area (Å²) in [5, 5.41) is 11.1. The normalized spacial score (nSPS) is 11.5. The molecule has 3 aromatic rings. The third kappa shape index (κ3) is 15.7. The van der Waals surface area contributed by atoms with Gasteiger partial charge in [-0.05, 0) is 53.8 Å². The first-order valence-electron chi connectivity index (χ1n) is 18.6. The van der Waals surface area contributed by atoms with Crippen LogP contribution in [0.1, 0.15) is 120 Å². The number of benzene rings is 3. The lowest BCUT2D eigenvalue weighted by Gasteiger charge is -2.25. The number of nitrogens with zero attached hydrogens (tertiary/aromatic N) is 1. The molecule has 0 aliphatic heterocycles. The third-order valence-corrected chi connectivity index (χ3v) is 8.96. The molecule has 0 fully saturated rings. The number of amides is 1. The summed E-state index contributed by atoms with van der Waals surface area (Å²) in [6.07, 6.45) is 15.8. The van der Waals surface area contributed by atoms with E-state index < -0.39 is 12.2 Å². The Morgan fingerprint density at radius 1 is 0.700 bits per heavy atom. The van der Waals surface area contributed by atoms with Gasteiger partial charge in [0.1, 0.15) is 12.4 Å². The van der Waals surface area contributed by atoms with Crippen molar-refractivity contribution in [1.29, 1.82) is 0 Å². The highest BCUT2D eigenvalue weighted by atomic mass is 16.6. The van der Waals surface area contributed by atoms with Gasteiger partial charge in [0, 0.05) is 13.0 Å². The van der Waals surface area contributed by atoms with Crippen LogP contribution in [-0.4, -0.2) is 49.4 Å². The van der Waals surface area contributed by atoms with Gasteiger partial charge in [0.25, 0.3) is 0 Å². The number of aliphatic hydroxyl groups excluding tert-OH is 1. The van der Waals surface area contributed by atoms with Crippen molar-refractivity contribution < 1.29 is 33.6 Å². The number of ether oxygens (including phenoxy) is 4. The van der Waals surface area contributed by atoms with Crippen LogP contribution in [-0.2, 0) is 22.6 Å². The molecule has 0 saturated heterocycles. The molecule has 0 saturated carbocycles. The van der Waals surface area contributed by atoms with Crippen molar-refractivity contribution in [3.05, 3.63) is 89.5 Å². The summed E-state index contributed by atoms with van der Waals surface area (Å²) in [7, 11) is 3.17. The van der Waals surface area contributed by atoms with Gasteiger partial charge in [-0.25, -0.2) is 4.79 Å². The zero-order valence-electron chi connectivity index (χ0n) is 30.6. The second-order valence-electron chi connectivity index (χ2n) is 13.0. The van der Waals surface area contributed by atoms with Crippen LogP contribution in [0.4, 0.5) is 4.79 Å². The zero-order chi connectivity index (χ0) is 35.8. The Hall–Kier alpha value is -4.04. The van der Waals surface area contributed by atoms with Crippen LogP contribution >= 0.6 is 0 Å². The van der Waals surface area contributed by atoms with Crippen LogP contribution in [0.25, 0.3) is 0 Å². The highest BCUT2D eigenvalue weighted by molar-refractivity contribution is 5.72. The molecule has 8 nitrogen and oxygen atoms in total. The zero-order valence-corrected chi connectivity index (χ0v) is 30.6. The Bertz CT molecular complexity index is 1360. The quantitative estimate of drug-likeness (QED) is 0.0538. The lowest BCUT2D eigenvalue weighted by molar-refractivity contribution is -0.134. The van der Waals surface area contributed by atoms with Gasteiger partial charge in [0.15, 0.2) is 11.5 Å². The Balaban J connectivity index is 1.43. The fourth-order valence-corrected chi connectivity index (χ4v) is 5.91. The van der Waals surface area contributed by atoms with Crippen LogP contribution in [0.2, 0.25) is 0 Å². The Morgan fingerprint density at radius 3 is 1.90 bits per heavy atom. The van der Waals surface area contributed by atoms with Gasteiger partial charge >= 0.3 is 12.1 Å². The SMILES string of the molecule is CCCCCCCCCCCCCCCC(=O)Oc1ccc(C(O)CN(CCc2ccc(OC)c(OC)c2)C(=O)OCc2ccccc2)cc1. The number of methoxy groups -OCH3 is 2. The summed E-state index contributed by atoms with van der Waals surface area (Å²) in [6.45, 7) is 2.73. The second kappa shape index (κ2) is 24.2. The van der Waals surface area contributed by atoms with Crippen molar-refractivity contribution in [2.45, 2.75) is 116 Å². The van der Waals surface area contributed by atoms with Gasteiger partial charge in [-0.15, -0.1) is 0 Å². The van der Waals surface area contributed by atoms with Gasteiger partial charge in [0.2, 0.25) is 0 Å². The molecule has 274 valence electrons. The van der Waals surface area contributed by atoms with Gasteiger partial charge in [-0.2, -0.15) is 0 Å². The molecule has 0 spiro atoms. The summed E-state index contributed by atoms with van der Waals surface area (Å²) < 4.78 is 21.9. The molecule has 50 heavy (non-hydrogen) atoms. The van der Waals surface area contributed by atoms with E-state index in [1.807, 2.05) is 48.5 Å². The topological polar surface area (TPSA) is 94.5 Å². The number of unbranched alkanes of at least 4 members (excludes halogenated alkanes) is 12. The third-order valence-electron chi connectivity index (χ3n) is 8.96. The molecule has 0 aliphatic rings. The van der Waals surface area contributed by atoms with E-state index in [2.05, 4.69) is 6.92 Å². The lowest BCUT2D eigenvalue weighted by atomic mass is 10.0. The van der Waals surface area contributed by atoms with Crippen molar-refractivity contribution in [3.8, 4) is 17.2 Å². The molecule has 1 N–H and O–H groups in total. The fraction of sp³-hybridized carbons (Fsp3) is 0.524. The minimum absolute atomic E-state index is 0.0269. The molecular formula is C42H59NO7. The number of carbonyl (C=O) groups is 2. The highest BCUT2D eigenvalue weighted by Gasteiger charge is 2.21. The van der Waals surface area contributed by atoms with Crippen molar-refractivity contribution in [2.75, 3.05) is 27.3 Å². The second-order valence-corrected chi connectivity index (χ2v) is 13.0. The molecule has 0 aromatic heterocycles. The molecule has 8 heteroatoms. The van der Waals surface area contributed by atoms with Crippen molar-refractivity contribution >= 4 is 12.1 Å². The van der Waals surface area contributed by atoms with Gasteiger partial charge in [-0.3, -0.25) is 4.79 Å². The van der Waals surface area contributed by atoms with Crippen LogP contribution in [0, 0.1) is 0 Å². The molecular weight excluding hydrogens is 630 g/mol. The largest absolute Gasteiger partial charge is 0.493 e. The maximum atomic E-state index is 13.2. The molecule has 1 unspecified atom stereocenters. The number of rotatable bonds is 25. The maximum Gasteiger partial charge on any atom is 0.410 e. The van der Waals surface area contributed by atoms with E-state index in [0.29, 0.717) is 42.2 Å². The van der Waals surface area contributed by atoms with E-state index in [-0.39, 0.29) is 19.1 Å². The molecule has 1 atom stereocenters. The standard InChI is InChI=1S/C42H59NO7/c1-4-5-6-7-8-9-10-11-12-13-14-15-19-22-41(45)50-37-26-24-36(25-27-37)38(44)32-43(42(46)49-33-35-20-17-16-18-21-35)30-29-34-23-28-39(47-2)40(31-34)48-3/h16-18,20-21,23-28,31,38,44H,4-15,19,22,29-30,32-33H2,1-3H3. The van der Waals surface area contributed by atoms with E-state index >= 15 is 0 Å². The molecule has 3 aromatic carbocycles. The number of esters is 1. The molecule has 0 radical (unpaired) electrons. The summed E-state index contributed by atoms with van der Waals surface area (Å²) in [4.78, 5) is 27.2. The average Bonchev–Trinajstić information content (AvgIpc) is 3.14. The lowest BCUT2D eigenvalue weighted by Crippen LogP contribution is -2.36. The number of hydrogen-bond donors (Lipinski definition) is 1. The average molecular weight is 690 g/mol. The molecule has 0 aliphatic carbocycles. The smallest absolute Gasteiger partial charge is 0.410 e. The molecule has 0 bridgehead atoms. The van der Waals surface area contributed by atoms with Crippen molar-refractivity contribution in [1.82, 2.24) is 4.90 Å². The van der Waals surface area contributed by atoms with Crippen LogP contribution in [0.5, 0.6) is 17.2 Å². The molecule has 0 heterocycles. The van der Waals surface area contributed by atoms with Crippen LogP contribution in [0.3, 0.4) is 0 Å². The highest BCUT2D eigenvalue weighted by Crippen LogP contribution is 2.28. The predicted octanol–water partition coefficient (Wildman–Crippen LogP) is 10.0. The van der Waals surface area contributed by atoms with E-state index in [0.717, 1.165) is 30.4 Å². The molecule has 3 rings (SSSR count). The first-order valence-corrected chi connectivity index (χ1v) is 18.6. The van der Waals surface area contributed by atoms with E-state index in [1.165, 1.54) is 69.1 Å². The Morgan fingerprint density at radius 2 is 1.30 bits per heavy atom. The van der Waals surface area contributed by atoms with E-state index in [1.54, 1.807) is 38.5 Å². The molecule has 1 amide bonds. The summed E-state index contributed by atoms with van der Waals surface area (Å²) >= 11 is 0. The van der Waals surface area contributed by atoms with Crippen LogP contribution in [0.15, 0.2) is 72.8 Å². The predicted molar refractivity (Wildman–Crippen MR) is 199 cm³/mol. The number of aliphatic hydroxyl groups is 1. The first kappa shape index (κ1) is 40.4. The van der Waals surface area contributed by atoms with Gasteiger partial charge in [0.05, 0.1) is 26.9 Å². The van der Waals surface area contributed by atoms with Crippen LogP contribution < -0.4 is 14.2 Å². The minimum Gasteiger partial charge on any atom is -0.493 e. The van der Waals surface area contributed by atoms with Crippen molar-refractivity contribution in [3.63, 3.8) is 0 Å². The Labute approximate surface area is 300 Å². The van der Waals surface area contributed by atoms with Gasteiger partial charge in [-0.1, -0.05) is 133 Å². The minimum atomic E-state index is -0.972. The monoisotopic (exact) mass is 689 g/mol. The van der Waals surface area contributed by atoms with E-state index in [4.69, 9.17) is 18.9 Å². The first-order chi connectivity index (χ1) is 24.4.